The summed E-state index contributed by atoms with van der Waals surface area (Å²) in [5.41, 5.74) is -0.295. The van der Waals surface area contributed by atoms with Gasteiger partial charge < -0.3 is 10.1 Å². The number of ether oxygens (including phenoxy) is 1. The van der Waals surface area contributed by atoms with Crippen molar-refractivity contribution < 1.29 is 27.5 Å². The van der Waals surface area contributed by atoms with E-state index in [-0.39, 0.29) is 28.6 Å². The number of benzene rings is 2. The van der Waals surface area contributed by atoms with Crippen molar-refractivity contribution in [1.29, 1.82) is 0 Å². The molecule has 0 radical (unpaired) electrons. The van der Waals surface area contributed by atoms with Gasteiger partial charge in [-0.3, -0.25) is 9.59 Å². The van der Waals surface area contributed by atoms with Gasteiger partial charge in [0, 0.05) is 5.69 Å². The predicted molar refractivity (Wildman–Crippen MR) is 117 cm³/mol. The molecule has 2 aromatic carbocycles. The van der Waals surface area contributed by atoms with E-state index in [0.29, 0.717) is 15.6 Å². The minimum atomic E-state index is -3.86. The quantitative estimate of drug-likeness (QED) is 0.678. The molecule has 31 heavy (non-hydrogen) atoms. The number of anilines is 2. The molecule has 0 atom stereocenters. The van der Waals surface area contributed by atoms with Crippen LogP contribution in [0.3, 0.4) is 0 Å². The highest BCUT2D eigenvalue weighted by atomic mass is 35.5. The predicted octanol–water partition coefficient (Wildman–Crippen LogP) is 3.47. The highest BCUT2D eigenvalue weighted by molar-refractivity contribution is 7.94. The molecule has 1 heterocycles. The Labute approximate surface area is 185 Å². The molecule has 0 unspecified atom stereocenters. The van der Waals surface area contributed by atoms with Crippen LogP contribution in [0.15, 0.2) is 42.5 Å². The Morgan fingerprint density at radius 3 is 2.35 bits per heavy atom. The molecule has 2 amide bonds. The lowest BCUT2D eigenvalue weighted by Gasteiger charge is -2.18. The Hall–Kier alpha value is -2.91. The number of rotatable bonds is 5. The topological polar surface area (TPSA) is 110 Å². The Balaban J connectivity index is 1.86. The SMILES string of the molecule is CCOC(=O)c1ccc(NC(=O)c2cc(N3C(=O)C(C)(C)CS3(=O)=O)ccc2Cl)cc1. The summed E-state index contributed by atoms with van der Waals surface area (Å²) in [6.45, 7) is 5.05. The maximum absolute atomic E-state index is 12.8. The summed E-state index contributed by atoms with van der Waals surface area (Å²) in [6, 6.07) is 10.1. The van der Waals surface area contributed by atoms with Gasteiger partial charge in [-0.1, -0.05) is 11.6 Å². The van der Waals surface area contributed by atoms with Crippen molar-refractivity contribution in [3.05, 3.63) is 58.6 Å². The molecule has 0 aromatic heterocycles. The van der Waals surface area contributed by atoms with Crippen LogP contribution in [0.2, 0.25) is 5.02 Å². The van der Waals surface area contributed by atoms with E-state index in [1.54, 1.807) is 20.8 Å². The van der Waals surface area contributed by atoms with Gasteiger partial charge in [-0.15, -0.1) is 0 Å². The molecule has 0 saturated carbocycles. The van der Waals surface area contributed by atoms with Crippen LogP contribution in [0.5, 0.6) is 0 Å². The Morgan fingerprint density at radius 1 is 1.16 bits per heavy atom. The first-order chi connectivity index (χ1) is 14.5. The summed E-state index contributed by atoms with van der Waals surface area (Å²) in [4.78, 5) is 37.1. The first-order valence-corrected chi connectivity index (χ1v) is 11.4. The molecule has 0 aliphatic carbocycles. The third-order valence-corrected chi connectivity index (χ3v) is 7.02. The van der Waals surface area contributed by atoms with Crippen molar-refractivity contribution in [3.8, 4) is 0 Å². The van der Waals surface area contributed by atoms with Crippen LogP contribution in [-0.2, 0) is 19.6 Å². The normalized spacial score (nSPS) is 16.8. The zero-order valence-electron chi connectivity index (χ0n) is 17.1. The van der Waals surface area contributed by atoms with Crippen molar-refractivity contribution in [2.45, 2.75) is 20.8 Å². The number of esters is 1. The summed E-state index contributed by atoms with van der Waals surface area (Å²) in [5.74, 6) is -1.97. The highest BCUT2D eigenvalue weighted by Gasteiger charge is 2.50. The van der Waals surface area contributed by atoms with Crippen LogP contribution >= 0.6 is 11.6 Å². The average molecular weight is 465 g/mol. The summed E-state index contributed by atoms with van der Waals surface area (Å²) in [5, 5.41) is 2.73. The lowest BCUT2D eigenvalue weighted by Crippen LogP contribution is -2.33. The number of sulfonamides is 1. The van der Waals surface area contributed by atoms with Crippen molar-refractivity contribution >= 4 is 50.8 Å². The van der Waals surface area contributed by atoms with Crippen LogP contribution in [-0.4, -0.2) is 38.6 Å². The maximum atomic E-state index is 12.8. The van der Waals surface area contributed by atoms with Gasteiger partial charge in [0.05, 0.1) is 39.6 Å². The molecule has 1 fully saturated rings. The van der Waals surface area contributed by atoms with Gasteiger partial charge in [-0.05, 0) is 63.2 Å². The fourth-order valence-corrected chi connectivity index (χ4v) is 5.48. The second-order valence-electron chi connectivity index (χ2n) is 7.63. The summed E-state index contributed by atoms with van der Waals surface area (Å²) in [6.07, 6.45) is 0. The van der Waals surface area contributed by atoms with Crippen molar-refractivity contribution in [2.24, 2.45) is 5.41 Å². The first-order valence-electron chi connectivity index (χ1n) is 9.42. The maximum Gasteiger partial charge on any atom is 0.338 e. The zero-order chi connectivity index (χ0) is 23.0. The summed E-state index contributed by atoms with van der Waals surface area (Å²) in [7, 11) is -3.86. The van der Waals surface area contributed by atoms with E-state index in [2.05, 4.69) is 5.32 Å². The minimum Gasteiger partial charge on any atom is -0.462 e. The van der Waals surface area contributed by atoms with Crippen LogP contribution in [0, 0.1) is 5.41 Å². The summed E-state index contributed by atoms with van der Waals surface area (Å²) < 4.78 is 30.7. The third-order valence-electron chi connectivity index (χ3n) is 4.67. The number of carbonyl (C=O) groups excluding carboxylic acids is 3. The number of halogens is 1. The average Bonchev–Trinajstić information content (AvgIpc) is 2.85. The van der Waals surface area contributed by atoms with Crippen LogP contribution < -0.4 is 9.62 Å². The molecule has 164 valence electrons. The van der Waals surface area contributed by atoms with E-state index in [4.69, 9.17) is 16.3 Å². The third kappa shape index (κ3) is 4.57. The van der Waals surface area contributed by atoms with Crippen molar-refractivity contribution in [1.82, 2.24) is 0 Å². The van der Waals surface area contributed by atoms with Gasteiger partial charge in [0.25, 0.3) is 5.91 Å². The molecule has 1 aliphatic heterocycles. The molecule has 1 N–H and O–H groups in total. The molecule has 2 aromatic rings. The zero-order valence-corrected chi connectivity index (χ0v) is 18.7. The van der Waals surface area contributed by atoms with Crippen molar-refractivity contribution in [3.63, 3.8) is 0 Å². The number of amides is 2. The van der Waals surface area contributed by atoms with Gasteiger partial charge in [0.15, 0.2) is 0 Å². The Bertz CT molecular complexity index is 1160. The van der Waals surface area contributed by atoms with E-state index in [1.807, 2.05) is 0 Å². The second-order valence-corrected chi connectivity index (χ2v) is 9.85. The number of carbonyl (C=O) groups is 3. The van der Waals surface area contributed by atoms with Gasteiger partial charge in [-0.25, -0.2) is 17.5 Å². The molecule has 1 saturated heterocycles. The fourth-order valence-electron chi connectivity index (χ4n) is 3.18. The van der Waals surface area contributed by atoms with Gasteiger partial charge in [-0.2, -0.15) is 0 Å². The molecule has 3 rings (SSSR count). The number of hydrogen-bond acceptors (Lipinski definition) is 6. The van der Waals surface area contributed by atoms with E-state index < -0.39 is 33.2 Å². The molecule has 0 spiro atoms. The number of hydrogen-bond donors (Lipinski definition) is 1. The monoisotopic (exact) mass is 464 g/mol. The highest BCUT2D eigenvalue weighted by Crippen LogP contribution is 2.37. The lowest BCUT2D eigenvalue weighted by atomic mass is 9.95. The molecule has 8 nitrogen and oxygen atoms in total. The minimum absolute atomic E-state index is 0.00124. The van der Waals surface area contributed by atoms with Crippen LogP contribution in [0.25, 0.3) is 0 Å². The van der Waals surface area contributed by atoms with Crippen LogP contribution in [0.4, 0.5) is 11.4 Å². The van der Waals surface area contributed by atoms with Gasteiger partial charge in [0.1, 0.15) is 0 Å². The van der Waals surface area contributed by atoms with E-state index in [9.17, 15) is 22.8 Å². The van der Waals surface area contributed by atoms with E-state index >= 15 is 0 Å². The summed E-state index contributed by atoms with van der Waals surface area (Å²) >= 11 is 6.15. The smallest absolute Gasteiger partial charge is 0.338 e. The molecular weight excluding hydrogens is 444 g/mol. The van der Waals surface area contributed by atoms with Gasteiger partial charge in [0.2, 0.25) is 15.9 Å². The largest absolute Gasteiger partial charge is 0.462 e. The molecular formula is C21H21ClN2O6S. The standard InChI is InChI=1S/C21H21ClN2O6S/c1-4-30-19(26)13-5-7-14(8-6-13)23-18(25)16-11-15(9-10-17(16)22)24-20(27)21(2,3)12-31(24,28)29/h5-11H,4,12H2,1-3H3,(H,23,25). The van der Waals surface area contributed by atoms with E-state index in [0.717, 1.165) is 0 Å². The lowest BCUT2D eigenvalue weighted by molar-refractivity contribution is -0.123. The molecule has 10 heteroatoms. The first kappa shape index (κ1) is 22.8. The molecule has 1 aliphatic rings. The van der Waals surface area contributed by atoms with Gasteiger partial charge >= 0.3 is 5.97 Å². The molecule has 0 bridgehead atoms. The Kier molecular flexibility index (Phi) is 6.11. The Morgan fingerprint density at radius 2 is 1.81 bits per heavy atom. The second kappa shape index (κ2) is 8.32. The number of nitrogens with one attached hydrogen (secondary N) is 1. The van der Waals surface area contributed by atoms with Crippen LogP contribution in [0.1, 0.15) is 41.5 Å². The fraction of sp³-hybridized carbons (Fsp3) is 0.286. The number of nitrogens with zero attached hydrogens (tertiary/aromatic N) is 1. The van der Waals surface area contributed by atoms with E-state index in [1.165, 1.54) is 42.5 Å². The van der Waals surface area contributed by atoms with Crippen molar-refractivity contribution in [2.75, 3.05) is 22.0 Å².